The first-order valence-electron chi connectivity index (χ1n) is 15.5. The molecule has 0 spiro atoms. The van der Waals surface area contributed by atoms with E-state index in [1.54, 1.807) is 36.8 Å². The van der Waals surface area contributed by atoms with Gasteiger partial charge >= 0.3 is 0 Å². The number of non-ortho nitro benzene ring substituents is 1. The molecule has 0 bridgehead atoms. The molecule has 1 heterocycles. The van der Waals surface area contributed by atoms with E-state index in [1.807, 2.05) is 27.7 Å². The van der Waals surface area contributed by atoms with Gasteiger partial charge in [0.2, 0.25) is 5.91 Å². The average molecular weight is 653 g/mol. The highest BCUT2D eigenvalue weighted by Gasteiger charge is 2.24. The summed E-state index contributed by atoms with van der Waals surface area (Å²) in [6.07, 6.45) is 4.25. The Morgan fingerprint density at radius 3 is 2.55 bits per heavy atom. The number of hydrogen-bond acceptors (Lipinski definition) is 5. The lowest BCUT2D eigenvalue weighted by molar-refractivity contribution is -0.384. The molecule has 0 saturated carbocycles. The molecule has 5 aromatic rings. The van der Waals surface area contributed by atoms with E-state index in [1.165, 1.54) is 24.3 Å². The minimum atomic E-state index is -0.433. The lowest BCUT2D eigenvalue weighted by atomic mass is 9.97. The fraction of sp³-hybridized carbons (Fsp3) is 0.250. The molecule has 11 heteroatoms. The number of hydrogen-bond donors (Lipinski definition) is 2. The number of benzene rings is 4. The van der Waals surface area contributed by atoms with Crippen LogP contribution in [0.1, 0.15) is 37.1 Å². The first kappa shape index (κ1) is 33.2. The van der Waals surface area contributed by atoms with Gasteiger partial charge in [-0.25, -0.2) is 9.37 Å². The first-order chi connectivity index (χ1) is 22.7. The smallest absolute Gasteiger partial charge is 0.269 e. The van der Waals surface area contributed by atoms with Gasteiger partial charge in [0.1, 0.15) is 5.82 Å². The first-order valence-corrected chi connectivity index (χ1v) is 15.9. The number of nitro benzene ring substituents is 1. The summed E-state index contributed by atoms with van der Waals surface area (Å²) < 4.78 is 15.9. The second-order valence-corrected chi connectivity index (χ2v) is 12.0. The highest BCUT2D eigenvalue weighted by atomic mass is 32.1. The van der Waals surface area contributed by atoms with Crippen molar-refractivity contribution in [3.05, 3.63) is 136 Å². The normalized spacial score (nSPS) is 12.3. The molecule has 9 nitrogen and oxygen atoms in total. The molecule has 5 rings (SSSR count). The Hall–Kier alpha value is -5.16. The number of nitrogens with one attached hydrogen (secondary N) is 2. The second-order valence-electron chi connectivity index (χ2n) is 11.6. The van der Waals surface area contributed by atoms with E-state index in [-0.39, 0.29) is 35.8 Å². The van der Waals surface area contributed by atoms with Crippen LogP contribution in [0.5, 0.6) is 0 Å². The van der Waals surface area contributed by atoms with Crippen molar-refractivity contribution in [1.82, 2.24) is 19.8 Å². The average Bonchev–Trinajstić information content (AvgIpc) is 3.49. The third-order valence-electron chi connectivity index (χ3n) is 8.34. The molecule has 0 fully saturated rings. The molecule has 1 aromatic heterocycles. The van der Waals surface area contributed by atoms with Gasteiger partial charge in [0, 0.05) is 55.4 Å². The van der Waals surface area contributed by atoms with E-state index in [9.17, 15) is 19.3 Å². The molecule has 2 N–H and O–H groups in total. The van der Waals surface area contributed by atoms with Gasteiger partial charge in [-0.15, -0.1) is 0 Å². The number of nitrogens with zero attached hydrogens (tertiary/aromatic N) is 4. The molecule has 0 unspecified atom stereocenters. The van der Waals surface area contributed by atoms with Crippen molar-refractivity contribution in [2.45, 2.75) is 45.8 Å². The van der Waals surface area contributed by atoms with Crippen LogP contribution in [-0.2, 0) is 24.3 Å². The summed E-state index contributed by atoms with van der Waals surface area (Å²) >= 11 is 5.90. The van der Waals surface area contributed by atoms with Crippen molar-refractivity contribution in [3.63, 3.8) is 0 Å². The van der Waals surface area contributed by atoms with E-state index < -0.39 is 4.92 Å². The molecule has 1 amide bonds. The molecule has 4 aromatic carbocycles. The van der Waals surface area contributed by atoms with Gasteiger partial charge in [-0.1, -0.05) is 80.9 Å². The van der Waals surface area contributed by atoms with Crippen LogP contribution in [0.4, 0.5) is 15.8 Å². The number of nitro groups is 1. The van der Waals surface area contributed by atoms with Crippen molar-refractivity contribution in [2.24, 2.45) is 5.92 Å². The van der Waals surface area contributed by atoms with Gasteiger partial charge in [-0.2, -0.15) is 0 Å². The van der Waals surface area contributed by atoms with E-state index in [0.717, 1.165) is 34.0 Å². The van der Waals surface area contributed by atoms with Crippen molar-refractivity contribution in [2.75, 3.05) is 11.9 Å². The largest absolute Gasteiger partial charge is 0.351 e. The second kappa shape index (κ2) is 15.4. The number of imidazole rings is 1. The third-order valence-corrected chi connectivity index (χ3v) is 8.70. The van der Waals surface area contributed by atoms with Gasteiger partial charge in [-0.3, -0.25) is 14.9 Å². The van der Waals surface area contributed by atoms with E-state index in [0.29, 0.717) is 30.4 Å². The monoisotopic (exact) mass is 652 g/mol. The zero-order valence-corrected chi connectivity index (χ0v) is 27.1. The Morgan fingerprint density at radius 2 is 1.81 bits per heavy atom. The Balaban J connectivity index is 1.34. The molecule has 0 aliphatic heterocycles. The van der Waals surface area contributed by atoms with E-state index in [4.69, 9.17) is 12.2 Å². The highest BCUT2D eigenvalue weighted by Crippen LogP contribution is 2.22. The molecule has 2 atom stereocenters. The number of amides is 1. The fourth-order valence-corrected chi connectivity index (χ4v) is 5.75. The number of halogens is 1. The standard InChI is InChI=1S/C36H37FN6O3S/c1-3-25(2)34(40-35(44)19-32-20-38-24-42(32)21-26-14-16-31(17-15-26)43(45)46)23-41(36(47)39-30-12-7-11-29(37)18-30)22-28-10-6-9-27-8-4-5-13-33(27)28/h4-18,20,24-25,34H,3,19,21-23H2,1-2H3,(H,39,47)(H,40,44)/t25-,34+/m0/s1. The third kappa shape index (κ3) is 8.76. The number of fused-ring (bicyclic) bond motifs is 1. The van der Waals surface area contributed by atoms with Gasteiger partial charge < -0.3 is 20.1 Å². The Labute approximate surface area is 278 Å². The summed E-state index contributed by atoms with van der Waals surface area (Å²) in [6, 6.07) is 26.6. The van der Waals surface area contributed by atoms with Crippen LogP contribution in [0.3, 0.4) is 0 Å². The maximum absolute atomic E-state index is 14.0. The van der Waals surface area contributed by atoms with Crippen molar-refractivity contribution < 1.29 is 14.1 Å². The minimum Gasteiger partial charge on any atom is -0.351 e. The maximum atomic E-state index is 14.0. The quantitative estimate of drug-likeness (QED) is 0.0794. The lowest BCUT2D eigenvalue weighted by Crippen LogP contribution is -2.50. The van der Waals surface area contributed by atoms with Crippen LogP contribution >= 0.6 is 12.2 Å². The number of rotatable bonds is 13. The summed E-state index contributed by atoms with van der Waals surface area (Å²) in [7, 11) is 0. The predicted molar refractivity (Wildman–Crippen MR) is 186 cm³/mol. The van der Waals surface area contributed by atoms with Crippen molar-refractivity contribution in [3.8, 4) is 0 Å². The zero-order valence-electron chi connectivity index (χ0n) is 26.3. The van der Waals surface area contributed by atoms with E-state index >= 15 is 0 Å². The summed E-state index contributed by atoms with van der Waals surface area (Å²) in [5, 5.41) is 20.1. The highest BCUT2D eigenvalue weighted by molar-refractivity contribution is 7.80. The Kier molecular flexibility index (Phi) is 10.9. The Morgan fingerprint density at radius 1 is 1.06 bits per heavy atom. The molecule has 47 heavy (non-hydrogen) atoms. The molecule has 0 aliphatic rings. The molecular formula is C36H37FN6O3S. The Bertz CT molecular complexity index is 1860. The number of anilines is 1. The van der Waals surface area contributed by atoms with Crippen LogP contribution in [-0.4, -0.2) is 43.0 Å². The molecule has 242 valence electrons. The summed E-state index contributed by atoms with van der Waals surface area (Å²) in [5.41, 5.74) is 3.23. The number of thiocarbonyl (C=S) groups is 1. The molecule has 0 saturated heterocycles. The lowest BCUT2D eigenvalue weighted by Gasteiger charge is -2.33. The van der Waals surface area contributed by atoms with Crippen LogP contribution in [0.2, 0.25) is 0 Å². The van der Waals surface area contributed by atoms with Gasteiger partial charge in [0.25, 0.3) is 5.69 Å². The minimum absolute atomic E-state index is 0.0233. The fourth-order valence-electron chi connectivity index (χ4n) is 5.49. The van der Waals surface area contributed by atoms with Crippen LogP contribution in [0, 0.1) is 21.8 Å². The predicted octanol–water partition coefficient (Wildman–Crippen LogP) is 7.10. The van der Waals surface area contributed by atoms with Gasteiger partial charge in [0.05, 0.1) is 17.7 Å². The number of aromatic nitrogens is 2. The summed E-state index contributed by atoms with van der Waals surface area (Å²) in [4.78, 5) is 30.4. The number of carbonyl (C=O) groups is 1. The SMILES string of the molecule is CC[C@H](C)[C@@H](CN(Cc1cccc2ccccc12)C(=S)Nc1cccc(F)c1)NC(=O)Cc1cncn1Cc1ccc([N+](=O)[O-])cc1. The molecule has 0 radical (unpaired) electrons. The van der Waals surface area contributed by atoms with Crippen LogP contribution in [0.15, 0.2) is 104 Å². The van der Waals surface area contributed by atoms with Crippen LogP contribution < -0.4 is 10.6 Å². The van der Waals surface area contributed by atoms with Crippen molar-refractivity contribution in [1.29, 1.82) is 0 Å². The topological polar surface area (TPSA) is 105 Å². The van der Waals surface area contributed by atoms with Gasteiger partial charge in [-0.05, 0) is 58.2 Å². The summed E-state index contributed by atoms with van der Waals surface area (Å²) in [5.74, 6) is -0.401. The van der Waals surface area contributed by atoms with Crippen molar-refractivity contribution >= 4 is 45.4 Å². The maximum Gasteiger partial charge on any atom is 0.269 e. The van der Waals surface area contributed by atoms with Gasteiger partial charge in [0.15, 0.2) is 5.11 Å². The zero-order chi connectivity index (χ0) is 33.3. The van der Waals surface area contributed by atoms with E-state index in [2.05, 4.69) is 53.7 Å². The summed E-state index contributed by atoms with van der Waals surface area (Å²) in [6.45, 7) is 5.51. The van der Waals surface area contributed by atoms with Crippen LogP contribution in [0.25, 0.3) is 10.8 Å². The molecular weight excluding hydrogens is 616 g/mol. The number of carbonyl (C=O) groups excluding carboxylic acids is 1. The molecule has 0 aliphatic carbocycles.